The van der Waals surface area contributed by atoms with Gasteiger partial charge in [0.05, 0.1) is 6.54 Å². The van der Waals surface area contributed by atoms with E-state index in [0.29, 0.717) is 10.4 Å². The van der Waals surface area contributed by atoms with E-state index in [1.54, 1.807) is 0 Å². The fourth-order valence-corrected chi connectivity index (χ4v) is 4.59. The number of benzene rings is 2. The van der Waals surface area contributed by atoms with E-state index >= 15 is 0 Å². The number of quaternary nitrogens is 1. The second-order valence-electron chi connectivity index (χ2n) is 8.76. The van der Waals surface area contributed by atoms with Gasteiger partial charge in [-0.3, -0.25) is 4.90 Å². The van der Waals surface area contributed by atoms with Crippen LogP contribution in [-0.4, -0.2) is 54.7 Å². The van der Waals surface area contributed by atoms with Crippen LogP contribution >= 0.6 is 12.4 Å². The molecular weight excluding hydrogens is 432 g/mol. The van der Waals surface area contributed by atoms with Crippen LogP contribution in [0.25, 0.3) is 0 Å². The Morgan fingerprint density at radius 1 is 0.969 bits per heavy atom. The summed E-state index contributed by atoms with van der Waals surface area (Å²) in [6, 6.07) is 13.2. The Morgan fingerprint density at radius 3 is 1.84 bits per heavy atom. The summed E-state index contributed by atoms with van der Waals surface area (Å²) in [6.07, 6.45) is 3.83. The summed E-state index contributed by atoms with van der Waals surface area (Å²) in [5.74, 6) is -0.0419. The number of rotatable bonds is 9. The van der Waals surface area contributed by atoms with Crippen molar-refractivity contribution in [3.63, 3.8) is 0 Å². The lowest BCUT2D eigenvalue weighted by Gasteiger charge is -2.40. The highest BCUT2D eigenvalue weighted by molar-refractivity contribution is 5.85. The number of urea groups is 1. The van der Waals surface area contributed by atoms with Crippen LogP contribution in [0.3, 0.4) is 0 Å². The summed E-state index contributed by atoms with van der Waals surface area (Å²) in [4.78, 5) is 14.3. The molecule has 0 spiro atoms. The third-order valence-electron chi connectivity index (χ3n) is 6.72. The molecule has 0 atom stereocenters. The molecule has 0 unspecified atom stereocenters. The summed E-state index contributed by atoms with van der Waals surface area (Å²) < 4.78 is 26.9. The number of hydrogen-bond acceptors (Lipinski definition) is 2. The zero-order valence-electron chi connectivity index (χ0n) is 18.8. The minimum Gasteiger partial charge on any atom is -0.319 e. The van der Waals surface area contributed by atoms with Crippen molar-refractivity contribution >= 4 is 18.4 Å². The van der Waals surface area contributed by atoms with Crippen LogP contribution in [0.15, 0.2) is 48.5 Å². The Hall–Kier alpha value is -2.02. The maximum Gasteiger partial charge on any atom is 0.414 e. The Kier molecular flexibility index (Phi) is 10.1. The third-order valence-corrected chi connectivity index (χ3v) is 6.72. The monoisotopic (exact) mass is 466 g/mol. The number of amides is 2. The summed E-state index contributed by atoms with van der Waals surface area (Å²) in [6.45, 7) is 7.10. The van der Waals surface area contributed by atoms with Crippen molar-refractivity contribution in [3.8, 4) is 0 Å². The first-order valence-corrected chi connectivity index (χ1v) is 11.3. The van der Waals surface area contributed by atoms with Crippen molar-refractivity contribution < 1.29 is 18.1 Å². The van der Waals surface area contributed by atoms with E-state index in [1.807, 2.05) is 31.2 Å². The number of piperazine rings is 1. The van der Waals surface area contributed by atoms with E-state index in [2.05, 4.69) is 4.90 Å². The van der Waals surface area contributed by atoms with Crippen molar-refractivity contribution in [1.29, 1.82) is 0 Å². The molecule has 4 nitrogen and oxygen atoms in total. The molecule has 7 heteroatoms. The molecule has 2 aromatic carbocycles. The van der Waals surface area contributed by atoms with Gasteiger partial charge in [-0.1, -0.05) is 24.3 Å². The Balaban J connectivity index is 0.00000363. The first kappa shape index (κ1) is 26.2. The van der Waals surface area contributed by atoms with Gasteiger partial charge in [0.25, 0.3) is 0 Å². The van der Waals surface area contributed by atoms with Gasteiger partial charge in [-0.25, -0.2) is 18.1 Å². The molecule has 1 aliphatic heterocycles. The molecule has 1 fully saturated rings. The fourth-order valence-electron chi connectivity index (χ4n) is 4.59. The van der Waals surface area contributed by atoms with Crippen molar-refractivity contribution in [2.75, 3.05) is 39.3 Å². The van der Waals surface area contributed by atoms with Crippen LogP contribution in [0.2, 0.25) is 0 Å². The Bertz CT molecular complexity index is 790. The quantitative estimate of drug-likeness (QED) is 0.539. The van der Waals surface area contributed by atoms with E-state index in [4.69, 9.17) is 5.73 Å². The van der Waals surface area contributed by atoms with Crippen molar-refractivity contribution in [1.82, 2.24) is 4.90 Å². The van der Waals surface area contributed by atoms with Gasteiger partial charge in [0.2, 0.25) is 0 Å². The van der Waals surface area contributed by atoms with Gasteiger partial charge in [0.15, 0.2) is 0 Å². The highest BCUT2D eigenvalue weighted by Crippen LogP contribution is 2.21. The molecule has 0 aliphatic carbocycles. The number of carbonyl (C=O) groups excluding carboxylic acids is 1. The van der Waals surface area contributed by atoms with E-state index < -0.39 is 0 Å². The fraction of sp³-hybridized carbons (Fsp3) is 0.480. The zero-order valence-corrected chi connectivity index (χ0v) is 19.6. The number of likely N-dealkylation sites (N-methyl/N-ethyl adjacent to an activating group) is 1. The second kappa shape index (κ2) is 12.3. The zero-order chi connectivity index (χ0) is 22.3. The molecule has 0 saturated carbocycles. The molecule has 0 aromatic heterocycles. The first-order chi connectivity index (χ1) is 14.9. The highest BCUT2D eigenvalue weighted by Gasteiger charge is 2.36. The van der Waals surface area contributed by atoms with Crippen LogP contribution in [-0.2, 0) is 12.8 Å². The lowest BCUT2D eigenvalue weighted by Crippen LogP contribution is -2.64. The third kappa shape index (κ3) is 7.26. The lowest BCUT2D eigenvalue weighted by molar-refractivity contribution is -0.852. The number of primary amides is 1. The topological polar surface area (TPSA) is 46.3 Å². The molecule has 2 aromatic rings. The molecular formula is C25H35ClF2N3O+. The molecule has 0 radical (unpaired) electrons. The molecule has 1 aliphatic rings. The normalized spacial score (nSPS) is 16.0. The highest BCUT2D eigenvalue weighted by atomic mass is 35.5. The molecule has 1 saturated heterocycles. The van der Waals surface area contributed by atoms with E-state index in [9.17, 15) is 13.6 Å². The van der Waals surface area contributed by atoms with Gasteiger partial charge in [-0.05, 0) is 80.5 Å². The molecule has 2 amide bonds. The largest absolute Gasteiger partial charge is 0.414 e. The molecule has 32 heavy (non-hydrogen) atoms. The minimum atomic E-state index is -0.221. The SMILES string of the molecule is CC[N+]1(C(N)=O)CCN(CCCC(Cc2ccc(F)cc2)Cc2ccc(F)cc2)CC1.Cl. The van der Waals surface area contributed by atoms with Gasteiger partial charge in [-0.15, -0.1) is 12.4 Å². The van der Waals surface area contributed by atoms with E-state index in [1.165, 1.54) is 24.3 Å². The van der Waals surface area contributed by atoms with Crippen LogP contribution in [0, 0.1) is 17.6 Å². The van der Waals surface area contributed by atoms with Crippen LogP contribution in [0.5, 0.6) is 0 Å². The first-order valence-electron chi connectivity index (χ1n) is 11.3. The number of halogens is 3. The molecule has 1 heterocycles. The van der Waals surface area contributed by atoms with Gasteiger partial charge in [0.1, 0.15) is 24.7 Å². The number of hydrogen-bond donors (Lipinski definition) is 1. The summed E-state index contributed by atoms with van der Waals surface area (Å²) >= 11 is 0. The second-order valence-corrected chi connectivity index (χ2v) is 8.76. The van der Waals surface area contributed by atoms with Crippen LogP contribution < -0.4 is 5.73 Å². The average molecular weight is 467 g/mol. The number of nitrogens with two attached hydrogens (primary N) is 1. The minimum absolute atomic E-state index is 0. The maximum absolute atomic E-state index is 13.3. The van der Waals surface area contributed by atoms with Gasteiger partial charge in [0, 0.05) is 13.1 Å². The molecule has 176 valence electrons. The molecule has 2 N–H and O–H groups in total. The summed E-state index contributed by atoms with van der Waals surface area (Å²) in [5, 5.41) is 0. The van der Waals surface area contributed by atoms with Gasteiger partial charge < -0.3 is 5.73 Å². The van der Waals surface area contributed by atoms with Crippen LogP contribution in [0.4, 0.5) is 13.6 Å². The van der Waals surface area contributed by atoms with Crippen molar-refractivity contribution in [2.45, 2.75) is 32.6 Å². The van der Waals surface area contributed by atoms with E-state index in [-0.39, 0.29) is 30.1 Å². The number of carbonyl (C=O) groups is 1. The standard InChI is InChI=1S/C25H33F2N3O.ClH/c1-2-30(25(28)31)16-14-29(15-17-30)13-3-4-22(18-20-5-9-23(26)10-6-20)19-21-7-11-24(27)12-8-21;/h5-12,22H,2-4,13-19H2,1H3,(H-,28,31);1H/p+1. The maximum atomic E-state index is 13.3. The smallest absolute Gasteiger partial charge is 0.319 e. The van der Waals surface area contributed by atoms with Crippen LogP contribution in [0.1, 0.15) is 30.9 Å². The van der Waals surface area contributed by atoms with Gasteiger partial charge >= 0.3 is 6.03 Å². The Labute approximate surface area is 196 Å². The van der Waals surface area contributed by atoms with Gasteiger partial charge in [-0.2, -0.15) is 0 Å². The van der Waals surface area contributed by atoms with E-state index in [0.717, 1.165) is 76.1 Å². The Morgan fingerprint density at radius 2 is 1.44 bits per heavy atom. The van der Waals surface area contributed by atoms with Crippen molar-refractivity contribution in [2.24, 2.45) is 11.7 Å². The molecule has 3 rings (SSSR count). The van der Waals surface area contributed by atoms with Crippen molar-refractivity contribution in [3.05, 3.63) is 71.3 Å². The lowest BCUT2D eigenvalue weighted by atomic mass is 9.89. The predicted molar refractivity (Wildman–Crippen MR) is 127 cm³/mol. The predicted octanol–water partition coefficient (Wildman–Crippen LogP) is 4.80. The summed E-state index contributed by atoms with van der Waals surface area (Å²) in [7, 11) is 0. The molecule has 0 bridgehead atoms. The number of nitrogens with zero attached hydrogens (tertiary/aromatic N) is 2. The summed E-state index contributed by atoms with van der Waals surface area (Å²) in [5.41, 5.74) is 7.88. The average Bonchev–Trinajstić information content (AvgIpc) is 2.77.